The number of fused-ring (bicyclic) bond motifs is 1. The number of carbonyl (C=O) groups excluding carboxylic acids is 1. The minimum atomic E-state index is -0.135. The van der Waals surface area contributed by atoms with Crippen LogP contribution in [0, 0.1) is 0 Å². The summed E-state index contributed by atoms with van der Waals surface area (Å²) in [5, 5.41) is 5.02. The number of carbonyl (C=O) groups is 1. The normalized spacial score (nSPS) is 17.0. The van der Waals surface area contributed by atoms with Crippen LogP contribution in [0.15, 0.2) is 17.4 Å². The van der Waals surface area contributed by atoms with Gasteiger partial charge in [-0.2, -0.15) is 0 Å². The van der Waals surface area contributed by atoms with Gasteiger partial charge in [0, 0.05) is 16.3 Å². The van der Waals surface area contributed by atoms with Crippen molar-refractivity contribution in [2.24, 2.45) is 0 Å². The number of amides is 1. The molecule has 118 valence electrons. The van der Waals surface area contributed by atoms with Crippen molar-refractivity contribution in [1.29, 1.82) is 0 Å². The molecule has 1 N–H and O–H groups in total. The zero-order chi connectivity index (χ0) is 15.5. The van der Waals surface area contributed by atoms with Gasteiger partial charge in [-0.3, -0.25) is 4.79 Å². The van der Waals surface area contributed by atoms with E-state index in [0.717, 1.165) is 34.5 Å². The average molecular weight is 335 g/mol. The first-order valence-electron chi connectivity index (χ1n) is 7.88. The Morgan fingerprint density at radius 2 is 2.23 bits per heavy atom. The fraction of sp³-hybridized carbons (Fsp3) is 0.562. The first-order valence-corrected chi connectivity index (χ1v) is 9.57. The number of aromatic nitrogens is 2. The highest BCUT2D eigenvalue weighted by atomic mass is 32.2. The van der Waals surface area contributed by atoms with Crippen LogP contribution in [0.5, 0.6) is 0 Å². The SMILES string of the molecule is CCc1cc2c(S[C@H](C)C(=O)NC3CCCC3)ncnc2s1. The Labute approximate surface area is 139 Å². The Bertz CT molecular complexity index is 664. The second-order valence-electron chi connectivity index (χ2n) is 5.71. The van der Waals surface area contributed by atoms with Crippen molar-refractivity contribution in [1.82, 2.24) is 15.3 Å². The smallest absolute Gasteiger partial charge is 0.233 e. The molecule has 0 radical (unpaired) electrons. The Morgan fingerprint density at radius 3 is 2.95 bits per heavy atom. The van der Waals surface area contributed by atoms with Crippen molar-refractivity contribution < 1.29 is 4.79 Å². The lowest BCUT2D eigenvalue weighted by molar-refractivity contribution is -0.120. The summed E-state index contributed by atoms with van der Waals surface area (Å²) in [4.78, 5) is 23.4. The van der Waals surface area contributed by atoms with Crippen LogP contribution >= 0.6 is 23.1 Å². The number of thioether (sulfide) groups is 1. The number of nitrogens with one attached hydrogen (secondary N) is 1. The van der Waals surface area contributed by atoms with Gasteiger partial charge in [0.1, 0.15) is 16.2 Å². The molecule has 0 saturated heterocycles. The lowest BCUT2D eigenvalue weighted by Crippen LogP contribution is -2.37. The van der Waals surface area contributed by atoms with Gasteiger partial charge >= 0.3 is 0 Å². The fourth-order valence-electron chi connectivity index (χ4n) is 2.76. The fourth-order valence-corrected chi connectivity index (χ4v) is 4.66. The second kappa shape index (κ2) is 6.96. The molecule has 6 heteroatoms. The largest absolute Gasteiger partial charge is 0.352 e. The van der Waals surface area contributed by atoms with Gasteiger partial charge in [0.15, 0.2) is 0 Å². The van der Waals surface area contributed by atoms with E-state index in [-0.39, 0.29) is 11.2 Å². The molecule has 2 aromatic rings. The highest BCUT2D eigenvalue weighted by molar-refractivity contribution is 8.00. The van der Waals surface area contributed by atoms with Gasteiger partial charge in [-0.05, 0) is 32.3 Å². The third-order valence-corrected chi connectivity index (χ3v) is 6.36. The van der Waals surface area contributed by atoms with Crippen molar-refractivity contribution in [3.8, 4) is 0 Å². The molecular formula is C16H21N3OS2. The maximum atomic E-state index is 12.3. The summed E-state index contributed by atoms with van der Waals surface area (Å²) in [6.07, 6.45) is 7.29. The van der Waals surface area contributed by atoms with E-state index in [1.165, 1.54) is 29.5 Å². The van der Waals surface area contributed by atoms with Crippen LogP contribution in [-0.4, -0.2) is 27.2 Å². The molecule has 1 aliphatic rings. The number of aryl methyl sites for hydroxylation is 1. The average Bonchev–Trinajstić information content (AvgIpc) is 3.16. The summed E-state index contributed by atoms with van der Waals surface area (Å²) in [5.41, 5.74) is 0. The second-order valence-corrected chi connectivity index (χ2v) is 8.16. The zero-order valence-electron chi connectivity index (χ0n) is 13.0. The van der Waals surface area contributed by atoms with E-state index in [9.17, 15) is 4.79 Å². The summed E-state index contributed by atoms with van der Waals surface area (Å²) in [5.74, 6) is 0.120. The van der Waals surface area contributed by atoms with E-state index >= 15 is 0 Å². The van der Waals surface area contributed by atoms with Crippen LogP contribution in [0.25, 0.3) is 10.2 Å². The predicted molar refractivity (Wildman–Crippen MR) is 92.5 cm³/mol. The van der Waals surface area contributed by atoms with Crippen molar-refractivity contribution in [2.75, 3.05) is 0 Å². The van der Waals surface area contributed by atoms with E-state index in [0.29, 0.717) is 6.04 Å². The Hall–Kier alpha value is -1.14. The van der Waals surface area contributed by atoms with Crippen molar-refractivity contribution in [3.63, 3.8) is 0 Å². The van der Waals surface area contributed by atoms with Crippen LogP contribution in [0.2, 0.25) is 0 Å². The molecule has 2 heterocycles. The zero-order valence-corrected chi connectivity index (χ0v) is 14.6. The van der Waals surface area contributed by atoms with Crippen molar-refractivity contribution in [2.45, 2.75) is 62.3 Å². The standard InChI is InChI=1S/C16H21N3OS2/c1-3-12-8-13-15(17-9-18-16(13)22-12)21-10(2)14(20)19-11-6-4-5-7-11/h8-11H,3-7H2,1-2H3,(H,19,20)/t10-/m1/s1. The molecule has 22 heavy (non-hydrogen) atoms. The quantitative estimate of drug-likeness (QED) is 0.667. The van der Waals surface area contributed by atoms with Gasteiger partial charge < -0.3 is 5.32 Å². The summed E-state index contributed by atoms with van der Waals surface area (Å²) in [6, 6.07) is 2.53. The van der Waals surface area contributed by atoms with Crippen LogP contribution in [0.1, 0.15) is 44.4 Å². The summed E-state index contributed by atoms with van der Waals surface area (Å²) in [6.45, 7) is 4.10. The van der Waals surface area contributed by atoms with E-state index in [1.807, 2.05) is 6.92 Å². The van der Waals surface area contributed by atoms with Gasteiger partial charge in [0.05, 0.1) is 5.25 Å². The number of hydrogen-bond acceptors (Lipinski definition) is 5. The molecule has 0 bridgehead atoms. The Balaban J connectivity index is 1.71. The van der Waals surface area contributed by atoms with Crippen molar-refractivity contribution in [3.05, 3.63) is 17.3 Å². The molecule has 1 fully saturated rings. The van der Waals surface area contributed by atoms with Gasteiger partial charge in [0.25, 0.3) is 0 Å². The molecule has 1 saturated carbocycles. The van der Waals surface area contributed by atoms with Crippen LogP contribution < -0.4 is 5.32 Å². The molecule has 0 spiro atoms. The van der Waals surface area contributed by atoms with E-state index in [4.69, 9.17) is 0 Å². The molecule has 4 nitrogen and oxygen atoms in total. The molecular weight excluding hydrogens is 314 g/mol. The summed E-state index contributed by atoms with van der Waals surface area (Å²) >= 11 is 3.24. The van der Waals surface area contributed by atoms with Crippen LogP contribution in [0.4, 0.5) is 0 Å². The van der Waals surface area contributed by atoms with E-state index in [1.54, 1.807) is 17.7 Å². The first kappa shape index (κ1) is 15.7. The molecule has 1 aliphatic carbocycles. The third kappa shape index (κ3) is 3.43. The monoisotopic (exact) mass is 335 g/mol. The van der Waals surface area contributed by atoms with Gasteiger partial charge in [-0.1, -0.05) is 31.5 Å². The molecule has 3 rings (SSSR count). The molecule has 0 unspecified atom stereocenters. The highest BCUT2D eigenvalue weighted by Crippen LogP contribution is 2.33. The number of thiophene rings is 1. The number of hydrogen-bond donors (Lipinski definition) is 1. The minimum absolute atomic E-state index is 0.120. The van der Waals surface area contributed by atoms with Crippen LogP contribution in [0.3, 0.4) is 0 Å². The lowest BCUT2D eigenvalue weighted by atomic mass is 10.2. The highest BCUT2D eigenvalue weighted by Gasteiger charge is 2.22. The molecule has 2 aromatic heterocycles. The minimum Gasteiger partial charge on any atom is -0.352 e. The van der Waals surface area contributed by atoms with Gasteiger partial charge in [-0.25, -0.2) is 9.97 Å². The van der Waals surface area contributed by atoms with E-state index < -0.39 is 0 Å². The Morgan fingerprint density at radius 1 is 1.45 bits per heavy atom. The first-order chi connectivity index (χ1) is 10.7. The topological polar surface area (TPSA) is 54.9 Å². The van der Waals surface area contributed by atoms with Crippen LogP contribution in [-0.2, 0) is 11.2 Å². The number of nitrogens with zero attached hydrogens (tertiary/aromatic N) is 2. The number of rotatable bonds is 5. The summed E-state index contributed by atoms with van der Waals surface area (Å²) < 4.78 is 0. The van der Waals surface area contributed by atoms with Crippen molar-refractivity contribution >= 4 is 39.2 Å². The molecule has 1 amide bonds. The van der Waals surface area contributed by atoms with Gasteiger partial charge in [-0.15, -0.1) is 11.3 Å². The lowest BCUT2D eigenvalue weighted by Gasteiger charge is -2.16. The predicted octanol–water partition coefficient (Wildman–Crippen LogP) is 3.79. The third-order valence-electron chi connectivity index (χ3n) is 4.05. The molecule has 1 atom stereocenters. The van der Waals surface area contributed by atoms with E-state index in [2.05, 4.69) is 28.3 Å². The summed E-state index contributed by atoms with van der Waals surface area (Å²) in [7, 11) is 0. The Kier molecular flexibility index (Phi) is 4.98. The molecule has 0 aromatic carbocycles. The molecule has 0 aliphatic heterocycles. The van der Waals surface area contributed by atoms with Gasteiger partial charge in [0.2, 0.25) is 5.91 Å². The maximum absolute atomic E-state index is 12.3. The maximum Gasteiger partial charge on any atom is 0.233 e.